The largest absolute Gasteiger partial charge is 0.497 e. The lowest BCUT2D eigenvalue weighted by Gasteiger charge is -2.31. The van der Waals surface area contributed by atoms with Crippen molar-refractivity contribution in [2.45, 2.75) is 44.6 Å². The topological polar surface area (TPSA) is 44.8 Å². The van der Waals surface area contributed by atoms with E-state index in [2.05, 4.69) is 12.1 Å². The third-order valence-corrected chi connectivity index (χ3v) is 6.04. The zero-order chi connectivity index (χ0) is 20.6. The summed E-state index contributed by atoms with van der Waals surface area (Å²) in [6, 6.07) is 16.0. The zero-order valence-electron chi connectivity index (χ0n) is 17.7. The molecule has 1 saturated carbocycles. The average Bonchev–Trinajstić information content (AvgIpc) is 2.76. The van der Waals surface area contributed by atoms with E-state index in [1.54, 1.807) is 21.3 Å². The highest BCUT2D eigenvalue weighted by Gasteiger charge is 2.34. The number of benzene rings is 2. The first-order valence-corrected chi connectivity index (χ1v) is 10.5. The van der Waals surface area contributed by atoms with Crippen molar-refractivity contribution in [2.75, 3.05) is 21.3 Å². The number of ketones is 1. The third-order valence-electron chi connectivity index (χ3n) is 6.04. The summed E-state index contributed by atoms with van der Waals surface area (Å²) in [6.07, 6.45) is 5.73. The van der Waals surface area contributed by atoms with E-state index in [-0.39, 0.29) is 17.9 Å². The van der Waals surface area contributed by atoms with Crippen molar-refractivity contribution in [2.24, 2.45) is 11.8 Å². The number of carbonyl (C=O) groups excluding carboxylic acids is 1. The number of hydrogen-bond donors (Lipinski definition) is 0. The molecule has 0 bridgehead atoms. The molecule has 1 aliphatic carbocycles. The first kappa shape index (κ1) is 21.4. The molecule has 0 N–H and O–H groups in total. The number of rotatable bonds is 7. The first-order valence-electron chi connectivity index (χ1n) is 10.5. The van der Waals surface area contributed by atoms with E-state index in [4.69, 9.17) is 14.2 Å². The van der Waals surface area contributed by atoms with Gasteiger partial charge < -0.3 is 14.2 Å². The van der Waals surface area contributed by atoms with Gasteiger partial charge in [0.1, 0.15) is 17.3 Å². The van der Waals surface area contributed by atoms with Crippen LogP contribution in [0.2, 0.25) is 0 Å². The molecule has 0 amide bonds. The van der Waals surface area contributed by atoms with Gasteiger partial charge in [0.25, 0.3) is 0 Å². The van der Waals surface area contributed by atoms with Gasteiger partial charge in [-0.25, -0.2) is 0 Å². The summed E-state index contributed by atoms with van der Waals surface area (Å²) in [6.45, 7) is 0. The van der Waals surface area contributed by atoms with Gasteiger partial charge in [0.05, 0.1) is 20.3 Å². The van der Waals surface area contributed by atoms with Gasteiger partial charge in [0.2, 0.25) is 0 Å². The Kier molecular flexibility index (Phi) is 7.70. The molecule has 4 heteroatoms. The lowest BCUT2D eigenvalue weighted by molar-refractivity contribution is -0.132. The number of ether oxygens (including phenoxy) is 3. The molecule has 3 unspecified atom stereocenters. The van der Waals surface area contributed by atoms with E-state index < -0.39 is 0 Å². The summed E-state index contributed by atoms with van der Waals surface area (Å²) < 4.78 is 16.4. The van der Waals surface area contributed by atoms with Crippen LogP contribution in [0.3, 0.4) is 0 Å². The molecule has 0 aliphatic heterocycles. The Morgan fingerprint density at radius 3 is 2.00 bits per heavy atom. The second-order valence-electron chi connectivity index (χ2n) is 7.83. The Balaban J connectivity index is 1.80. The van der Waals surface area contributed by atoms with Crippen molar-refractivity contribution < 1.29 is 19.0 Å². The maximum absolute atomic E-state index is 13.6. The van der Waals surface area contributed by atoms with Gasteiger partial charge >= 0.3 is 0 Å². The van der Waals surface area contributed by atoms with Gasteiger partial charge in [0, 0.05) is 18.9 Å². The molecule has 2 aromatic carbocycles. The van der Waals surface area contributed by atoms with Gasteiger partial charge in [-0.1, -0.05) is 43.5 Å². The van der Waals surface area contributed by atoms with Crippen molar-refractivity contribution >= 4 is 5.78 Å². The Bertz CT molecular complexity index is 766. The Morgan fingerprint density at radius 2 is 1.41 bits per heavy atom. The number of carbonyl (C=O) groups is 1. The smallest absolute Gasteiger partial charge is 0.142 e. The van der Waals surface area contributed by atoms with Crippen LogP contribution in [0.5, 0.6) is 11.5 Å². The van der Waals surface area contributed by atoms with Crippen LogP contribution in [0.4, 0.5) is 0 Å². The molecule has 3 atom stereocenters. The van der Waals surface area contributed by atoms with Gasteiger partial charge in [0.15, 0.2) is 0 Å². The van der Waals surface area contributed by atoms with E-state index in [0.29, 0.717) is 5.78 Å². The fourth-order valence-corrected chi connectivity index (χ4v) is 4.39. The van der Waals surface area contributed by atoms with Gasteiger partial charge in [-0.2, -0.15) is 0 Å². The minimum Gasteiger partial charge on any atom is -0.497 e. The highest BCUT2D eigenvalue weighted by Crippen LogP contribution is 2.36. The Morgan fingerprint density at radius 1 is 0.828 bits per heavy atom. The molecule has 0 saturated heterocycles. The SMILES string of the molecule is COc1ccc(CC2CCCCCC(C(OC)c3ccc(OC)cc3)C2=O)cc1. The second kappa shape index (κ2) is 10.4. The van der Waals surface area contributed by atoms with E-state index in [1.165, 1.54) is 12.0 Å². The molecular weight excluding hydrogens is 364 g/mol. The van der Waals surface area contributed by atoms with E-state index in [9.17, 15) is 4.79 Å². The van der Waals surface area contributed by atoms with E-state index >= 15 is 0 Å². The summed E-state index contributed by atoms with van der Waals surface area (Å²) in [4.78, 5) is 13.6. The average molecular weight is 397 g/mol. The standard InChI is InChI=1S/C25H32O4/c1-27-21-13-9-18(10-14-21)17-20-7-5-4-6-8-23(24(20)26)25(29-3)19-11-15-22(28-2)16-12-19/h9-16,20,23,25H,4-8,17H2,1-3H3. The quantitative estimate of drug-likeness (QED) is 0.629. The molecular formula is C25H32O4. The molecule has 29 heavy (non-hydrogen) atoms. The molecule has 0 aromatic heterocycles. The lowest BCUT2D eigenvalue weighted by atomic mass is 9.76. The second-order valence-corrected chi connectivity index (χ2v) is 7.83. The molecule has 2 aromatic rings. The van der Waals surface area contributed by atoms with Crippen LogP contribution >= 0.6 is 0 Å². The molecule has 0 radical (unpaired) electrons. The van der Waals surface area contributed by atoms with Crippen LogP contribution in [-0.2, 0) is 16.0 Å². The summed E-state index contributed by atoms with van der Waals surface area (Å²) in [5.41, 5.74) is 2.22. The molecule has 3 rings (SSSR count). The molecule has 0 spiro atoms. The van der Waals surface area contributed by atoms with Crippen molar-refractivity contribution in [1.29, 1.82) is 0 Å². The fraction of sp³-hybridized carbons (Fsp3) is 0.480. The van der Waals surface area contributed by atoms with Crippen LogP contribution in [0.1, 0.15) is 49.3 Å². The van der Waals surface area contributed by atoms with E-state index in [0.717, 1.165) is 49.2 Å². The molecule has 1 fully saturated rings. The highest BCUT2D eigenvalue weighted by atomic mass is 16.5. The molecule has 156 valence electrons. The number of methoxy groups -OCH3 is 3. The van der Waals surface area contributed by atoms with Crippen LogP contribution in [0.15, 0.2) is 48.5 Å². The summed E-state index contributed by atoms with van der Waals surface area (Å²) in [5.74, 6) is 1.91. The predicted octanol–water partition coefficient (Wildman–Crippen LogP) is 5.40. The first-order chi connectivity index (χ1) is 14.2. The molecule has 0 heterocycles. The van der Waals surface area contributed by atoms with Crippen molar-refractivity contribution in [1.82, 2.24) is 0 Å². The third kappa shape index (κ3) is 5.39. The van der Waals surface area contributed by atoms with Gasteiger partial charge in [-0.05, 0) is 54.7 Å². The van der Waals surface area contributed by atoms with Crippen LogP contribution in [-0.4, -0.2) is 27.1 Å². The van der Waals surface area contributed by atoms with E-state index in [1.807, 2.05) is 36.4 Å². The van der Waals surface area contributed by atoms with Crippen molar-refractivity contribution in [3.8, 4) is 11.5 Å². The maximum atomic E-state index is 13.6. The normalized spacial score (nSPS) is 21.1. The van der Waals surface area contributed by atoms with Gasteiger partial charge in [-0.15, -0.1) is 0 Å². The predicted molar refractivity (Wildman–Crippen MR) is 115 cm³/mol. The zero-order valence-corrected chi connectivity index (χ0v) is 17.7. The number of hydrogen-bond acceptors (Lipinski definition) is 4. The van der Waals surface area contributed by atoms with Gasteiger partial charge in [-0.3, -0.25) is 4.79 Å². The molecule has 1 aliphatic rings. The Hall–Kier alpha value is -2.33. The fourth-order valence-electron chi connectivity index (χ4n) is 4.39. The van der Waals surface area contributed by atoms with Crippen molar-refractivity contribution in [3.05, 3.63) is 59.7 Å². The highest BCUT2D eigenvalue weighted by molar-refractivity contribution is 5.84. The minimum atomic E-state index is -0.218. The minimum absolute atomic E-state index is 0.0320. The summed E-state index contributed by atoms with van der Waals surface area (Å²) in [5, 5.41) is 0. The maximum Gasteiger partial charge on any atom is 0.142 e. The number of Topliss-reactive ketones (excluding diaryl/α,β-unsaturated/α-hetero) is 1. The van der Waals surface area contributed by atoms with Crippen molar-refractivity contribution in [3.63, 3.8) is 0 Å². The monoisotopic (exact) mass is 396 g/mol. The lowest BCUT2D eigenvalue weighted by Crippen LogP contribution is -2.32. The molecule has 4 nitrogen and oxygen atoms in total. The summed E-state index contributed by atoms with van der Waals surface area (Å²) in [7, 11) is 5.03. The summed E-state index contributed by atoms with van der Waals surface area (Å²) >= 11 is 0. The van der Waals surface area contributed by atoms with Crippen LogP contribution in [0, 0.1) is 11.8 Å². The Labute approximate surface area is 174 Å². The van der Waals surface area contributed by atoms with Crippen LogP contribution < -0.4 is 9.47 Å². The van der Waals surface area contributed by atoms with Crippen LogP contribution in [0.25, 0.3) is 0 Å².